The monoisotopic (exact) mass is 548 g/mol. The number of hydrogen-bond donors (Lipinski definition) is 2. The third-order valence-electron chi connectivity index (χ3n) is 5.77. The molecule has 3 aromatic rings. The number of nitrogens with one attached hydrogen (secondary N) is 2. The number of anilines is 2. The minimum absolute atomic E-state index is 0.103. The standard InChI is InChI=1S/C23H19ClF6N4O3/c1-36-17-6-3-11(7-18(17)37-2)14-9-19(23(28,29)30)34-20(31-14)10-16(33-34)21(35)32-15-8-12(22(25,26)27)4-5-13(15)24/h3-8,10,14,19,31H,9H2,1-2H3,(H,32,35). The molecule has 2 aromatic carbocycles. The maximum absolute atomic E-state index is 14.0. The number of hydrogen-bond acceptors (Lipinski definition) is 5. The van der Waals surface area contributed by atoms with Crippen LogP contribution in [-0.2, 0) is 6.18 Å². The Labute approximate surface area is 211 Å². The van der Waals surface area contributed by atoms with Gasteiger partial charge in [-0.25, -0.2) is 4.68 Å². The summed E-state index contributed by atoms with van der Waals surface area (Å²) in [5.41, 5.74) is -1.40. The highest BCUT2D eigenvalue weighted by Gasteiger charge is 2.47. The molecule has 2 N–H and O–H groups in total. The van der Waals surface area contributed by atoms with Crippen LogP contribution < -0.4 is 20.1 Å². The van der Waals surface area contributed by atoms with E-state index in [4.69, 9.17) is 21.1 Å². The van der Waals surface area contributed by atoms with Crippen molar-refractivity contribution in [3.8, 4) is 11.5 Å². The molecule has 2 unspecified atom stereocenters. The topological polar surface area (TPSA) is 77.4 Å². The van der Waals surface area contributed by atoms with Crippen molar-refractivity contribution in [2.75, 3.05) is 24.9 Å². The highest BCUT2D eigenvalue weighted by atomic mass is 35.5. The fraction of sp³-hybridized carbons (Fsp3) is 0.304. The van der Waals surface area contributed by atoms with Gasteiger partial charge in [0.2, 0.25) is 0 Å². The molecule has 0 spiro atoms. The van der Waals surface area contributed by atoms with Gasteiger partial charge in [-0.15, -0.1) is 0 Å². The van der Waals surface area contributed by atoms with Crippen LogP contribution in [-0.4, -0.2) is 36.1 Å². The zero-order chi connectivity index (χ0) is 27.1. The number of carbonyl (C=O) groups excluding carboxylic acids is 1. The number of methoxy groups -OCH3 is 2. The van der Waals surface area contributed by atoms with Crippen LogP contribution in [0, 0.1) is 0 Å². The Hall–Kier alpha value is -3.61. The molecule has 0 bridgehead atoms. The summed E-state index contributed by atoms with van der Waals surface area (Å²) in [6, 6.07) is 5.17. The Balaban J connectivity index is 1.65. The van der Waals surface area contributed by atoms with Crippen molar-refractivity contribution in [2.45, 2.75) is 30.9 Å². The summed E-state index contributed by atoms with van der Waals surface area (Å²) in [4.78, 5) is 12.7. The summed E-state index contributed by atoms with van der Waals surface area (Å²) in [6.45, 7) is 0. The van der Waals surface area contributed by atoms with Crippen LogP contribution in [0.5, 0.6) is 11.5 Å². The predicted molar refractivity (Wildman–Crippen MR) is 122 cm³/mol. The molecule has 1 amide bonds. The number of halogens is 7. The Morgan fingerprint density at radius 2 is 1.76 bits per heavy atom. The molecule has 0 saturated carbocycles. The van der Waals surface area contributed by atoms with E-state index in [-0.39, 0.29) is 16.5 Å². The molecule has 14 heteroatoms. The van der Waals surface area contributed by atoms with Crippen molar-refractivity contribution >= 4 is 29.0 Å². The summed E-state index contributed by atoms with van der Waals surface area (Å²) in [5, 5.41) is 8.73. The van der Waals surface area contributed by atoms with E-state index in [1.54, 1.807) is 18.2 Å². The van der Waals surface area contributed by atoms with Crippen LogP contribution >= 0.6 is 11.6 Å². The van der Waals surface area contributed by atoms with Crippen LogP contribution in [0.2, 0.25) is 5.02 Å². The summed E-state index contributed by atoms with van der Waals surface area (Å²) < 4.78 is 92.1. The lowest BCUT2D eigenvalue weighted by Crippen LogP contribution is -2.35. The second-order valence-electron chi connectivity index (χ2n) is 8.11. The molecule has 37 heavy (non-hydrogen) atoms. The normalized spacial score (nSPS) is 17.5. The molecule has 4 rings (SSSR count). The van der Waals surface area contributed by atoms with Gasteiger partial charge in [-0.1, -0.05) is 17.7 Å². The minimum atomic E-state index is -4.71. The second-order valence-corrected chi connectivity index (χ2v) is 8.52. The van der Waals surface area contributed by atoms with Gasteiger partial charge in [0.15, 0.2) is 23.2 Å². The van der Waals surface area contributed by atoms with E-state index in [2.05, 4.69) is 15.7 Å². The molecule has 198 valence electrons. The largest absolute Gasteiger partial charge is 0.493 e. The highest BCUT2D eigenvalue weighted by Crippen LogP contribution is 2.45. The fourth-order valence-electron chi connectivity index (χ4n) is 3.96. The minimum Gasteiger partial charge on any atom is -0.493 e. The van der Waals surface area contributed by atoms with E-state index < -0.39 is 48.0 Å². The average Bonchev–Trinajstić information content (AvgIpc) is 3.27. The lowest BCUT2D eigenvalue weighted by molar-refractivity contribution is -0.173. The second kappa shape index (κ2) is 9.69. The lowest BCUT2D eigenvalue weighted by Gasteiger charge is -2.33. The molecule has 0 fully saturated rings. The first-order valence-electron chi connectivity index (χ1n) is 10.6. The van der Waals surface area contributed by atoms with E-state index >= 15 is 0 Å². The summed E-state index contributed by atoms with van der Waals surface area (Å²) >= 11 is 5.91. The summed E-state index contributed by atoms with van der Waals surface area (Å²) in [6.07, 6.45) is -9.86. The first-order chi connectivity index (χ1) is 17.3. The Kier molecular flexibility index (Phi) is 6.93. The summed E-state index contributed by atoms with van der Waals surface area (Å²) in [5.74, 6) is -0.420. The van der Waals surface area contributed by atoms with Crippen LogP contribution in [0.15, 0.2) is 42.5 Å². The molecule has 1 aromatic heterocycles. The molecule has 1 aliphatic rings. The number of ether oxygens (including phenoxy) is 2. The van der Waals surface area contributed by atoms with Crippen LogP contribution in [0.3, 0.4) is 0 Å². The number of rotatable bonds is 5. The maximum atomic E-state index is 14.0. The summed E-state index contributed by atoms with van der Waals surface area (Å²) in [7, 11) is 2.82. The van der Waals surface area contributed by atoms with Crippen LogP contribution in [0.25, 0.3) is 0 Å². The molecular formula is C23H19ClF6N4O3. The Bertz CT molecular complexity index is 1320. The molecule has 2 heterocycles. The molecule has 0 aliphatic carbocycles. The zero-order valence-corrected chi connectivity index (χ0v) is 19.9. The van der Waals surface area contributed by atoms with E-state index in [0.29, 0.717) is 27.8 Å². The quantitative estimate of drug-likeness (QED) is 0.357. The SMILES string of the molecule is COc1ccc(C2CC(C(F)(F)F)n3nc(C(=O)Nc4cc(C(F)(F)F)ccc4Cl)cc3N2)cc1OC. The molecule has 0 radical (unpaired) electrons. The lowest BCUT2D eigenvalue weighted by atomic mass is 9.96. The van der Waals surface area contributed by atoms with Crippen LogP contribution in [0.1, 0.15) is 40.1 Å². The Morgan fingerprint density at radius 3 is 2.38 bits per heavy atom. The maximum Gasteiger partial charge on any atom is 0.416 e. The van der Waals surface area contributed by atoms with E-state index in [9.17, 15) is 31.1 Å². The van der Waals surface area contributed by atoms with Gasteiger partial charge >= 0.3 is 12.4 Å². The van der Waals surface area contributed by atoms with Crippen molar-refractivity contribution in [1.29, 1.82) is 0 Å². The fourth-order valence-corrected chi connectivity index (χ4v) is 4.12. The molecule has 0 saturated heterocycles. The number of alkyl halides is 6. The number of fused-ring (bicyclic) bond motifs is 1. The van der Waals surface area contributed by atoms with Crippen LogP contribution in [0.4, 0.5) is 37.8 Å². The van der Waals surface area contributed by atoms with Gasteiger partial charge in [0, 0.05) is 12.5 Å². The number of nitrogens with zero attached hydrogens (tertiary/aromatic N) is 2. The van der Waals surface area contributed by atoms with Gasteiger partial charge in [0.05, 0.1) is 36.5 Å². The van der Waals surface area contributed by atoms with Crippen molar-refractivity contribution in [3.63, 3.8) is 0 Å². The first kappa shape index (κ1) is 26.5. The molecule has 2 atom stereocenters. The number of aromatic nitrogens is 2. The number of amides is 1. The average molecular weight is 549 g/mol. The van der Waals surface area contributed by atoms with Crippen molar-refractivity contribution in [1.82, 2.24) is 9.78 Å². The van der Waals surface area contributed by atoms with Crippen molar-refractivity contribution < 1.29 is 40.6 Å². The molecule has 1 aliphatic heterocycles. The first-order valence-corrected chi connectivity index (χ1v) is 11.0. The number of carbonyl (C=O) groups is 1. The van der Waals surface area contributed by atoms with Gasteiger partial charge in [-0.3, -0.25) is 4.79 Å². The Morgan fingerprint density at radius 1 is 1.05 bits per heavy atom. The molecule has 7 nitrogen and oxygen atoms in total. The van der Waals surface area contributed by atoms with E-state index in [1.807, 2.05) is 0 Å². The van der Waals surface area contributed by atoms with E-state index in [0.717, 1.165) is 18.2 Å². The highest BCUT2D eigenvalue weighted by molar-refractivity contribution is 6.33. The van der Waals surface area contributed by atoms with Crippen molar-refractivity contribution in [2.24, 2.45) is 0 Å². The van der Waals surface area contributed by atoms with Gasteiger partial charge in [0.1, 0.15) is 5.82 Å². The number of benzene rings is 2. The zero-order valence-electron chi connectivity index (χ0n) is 19.2. The third-order valence-corrected chi connectivity index (χ3v) is 6.10. The smallest absolute Gasteiger partial charge is 0.416 e. The third kappa shape index (κ3) is 5.41. The van der Waals surface area contributed by atoms with Gasteiger partial charge in [0.25, 0.3) is 5.91 Å². The van der Waals surface area contributed by atoms with Gasteiger partial charge in [-0.2, -0.15) is 31.4 Å². The van der Waals surface area contributed by atoms with Gasteiger partial charge in [-0.05, 0) is 35.9 Å². The van der Waals surface area contributed by atoms with Crippen molar-refractivity contribution in [3.05, 3.63) is 64.3 Å². The van der Waals surface area contributed by atoms with Gasteiger partial charge < -0.3 is 20.1 Å². The molecular weight excluding hydrogens is 530 g/mol. The predicted octanol–water partition coefficient (Wildman–Crippen LogP) is 6.49. The van der Waals surface area contributed by atoms with E-state index in [1.165, 1.54) is 14.2 Å².